The Morgan fingerprint density at radius 3 is 2.23 bits per heavy atom. The highest BCUT2D eigenvalue weighted by molar-refractivity contribution is 5.84. The Bertz CT molecular complexity index is 1060. The van der Waals surface area contributed by atoms with Crippen LogP contribution in [0.1, 0.15) is 49.8 Å². The highest BCUT2D eigenvalue weighted by Gasteiger charge is 2.52. The lowest BCUT2D eigenvalue weighted by Crippen LogP contribution is -2.62. The topological polar surface area (TPSA) is 78.3 Å². The van der Waals surface area contributed by atoms with E-state index >= 15 is 0 Å². The van der Waals surface area contributed by atoms with E-state index in [-0.39, 0.29) is 24.0 Å². The second-order valence-electron chi connectivity index (χ2n) is 12.3. The minimum absolute atomic E-state index is 0.0517. The molecular formula is C31H42N4O4. The number of urea groups is 1. The molecule has 0 radical (unpaired) electrons. The lowest BCUT2D eigenvalue weighted by Gasteiger charge is -2.57. The predicted octanol–water partition coefficient (Wildman–Crippen LogP) is 4.12. The van der Waals surface area contributed by atoms with Gasteiger partial charge >= 0.3 is 6.03 Å². The molecule has 1 aromatic heterocycles. The summed E-state index contributed by atoms with van der Waals surface area (Å²) in [6.07, 6.45) is 8.90. The number of nitrogens with zero attached hydrogens (tertiary/aromatic N) is 3. The predicted molar refractivity (Wildman–Crippen MR) is 148 cm³/mol. The number of ether oxygens (including phenoxy) is 1. The van der Waals surface area contributed by atoms with Crippen molar-refractivity contribution in [3.05, 3.63) is 60.1 Å². The number of carbonyl (C=O) groups is 2. The van der Waals surface area contributed by atoms with Gasteiger partial charge < -0.3 is 24.3 Å². The first-order valence-corrected chi connectivity index (χ1v) is 14.7. The molecule has 1 saturated heterocycles. The minimum atomic E-state index is -0.0933. The number of nitrogens with one attached hydrogen (secondary N) is 1. The number of hydrogen-bond acceptors (Lipinski definition) is 5. The molecule has 8 heteroatoms. The molecule has 0 unspecified atom stereocenters. The third kappa shape index (κ3) is 6.49. The molecule has 4 bridgehead atoms. The van der Waals surface area contributed by atoms with Crippen molar-refractivity contribution in [2.24, 2.45) is 17.8 Å². The molecule has 7 rings (SSSR count). The summed E-state index contributed by atoms with van der Waals surface area (Å²) < 4.78 is 11.1. The quantitative estimate of drug-likeness (QED) is 0.496. The molecule has 8 nitrogen and oxygen atoms in total. The Balaban J connectivity index is 1.17. The first kappa shape index (κ1) is 26.4. The van der Waals surface area contributed by atoms with Crippen molar-refractivity contribution in [3.63, 3.8) is 0 Å². The van der Waals surface area contributed by atoms with Gasteiger partial charge in [0.2, 0.25) is 5.91 Å². The molecular weight excluding hydrogens is 492 g/mol. The van der Waals surface area contributed by atoms with E-state index in [4.69, 9.17) is 9.15 Å². The molecule has 2 aromatic rings. The van der Waals surface area contributed by atoms with E-state index in [1.165, 1.54) is 19.3 Å². The van der Waals surface area contributed by atoms with Gasteiger partial charge in [0.15, 0.2) is 0 Å². The van der Waals surface area contributed by atoms with E-state index in [9.17, 15) is 9.59 Å². The Hall–Kier alpha value is -2.84. The highest BCUT2D eigenvalue weighted by Crippen LogP contribution is 2.55. The molecule has 1 aromatic carbocycles. The van der Waals surface area contributed by atoms with E-state index < -0.39 is 0 Å². The molecule has 210 valence electrons. The lowest BCUT2D eigenvalue weighted by atomic mass is 9.53. The summed E-state index contributed by atoms with van der Waals surface area (Å²) in [6.45, 7) is 5.29. The summed E-state index contributed by atoms with van der Waals surface area (Å²) in [4.78, 5) is 33.6. The van der Waals surface area contributed by atoms with Crippen LogP contribution in [0.3, 0.4) is 0 Å². The fourth-order valence-corrected chi connectivity index (χ4v) is 7.80. The maximum absolute atomic E-state index is 13.9. The van der Waals surface area contributed by atoms with Gasteiger partial charge in [-0.1, -0.05) is 30.3 Å². The average molecular weight is 535 g/mol. The van der Waals surface area contributed by atoms with Crippen LogP contribution in [0.15, 0.2) is 53.1 Å². The van der Waals surface area contributed by atoms with Crippen molar-refractivity contribution >= 4 is 11.9 Å². The zero-order valence-electron chi connectivity index (χ0n) is 22.9. The number of hydrogen-bond donors (Lipinski definition) is 1. The second kappa shape index (κ2) is 11.7. The molecule has 3 amide bonds. The zero-order valence-corrected chi connectivity index (χ0v) is 22.9. The van der Waals surface area contributed by atoms with Crippen LogP contribution in [0, 0.1) is 17.8 Å². The normalized spacial score (nSPS) is 27.8. The smallest absolute Gasteiger partial charge is 0.318 e. The summed E-state index contributed by atoms with van der Waals surface area (Å²) in [7, 11) is 0. The number of amides is 3. The largest absolute Gasteiger partial charge is 0.467 e. The molecule has 0 spiro atoms. The van der Waals surface area contributed by atoms with Crippen molar-refractivity contribution < 1.29 is 18.7 Å². The standard InChI is InChI=1S/C31H42N4O4/c36-29(35(22-28-7-4-12-39-28)21-24-5-2-1-3-6-24)23-34(9-8-33-10-13-38-14-11-33)30(37)32-31-18-25-15-26(19-31)17-27(16-25)20-31/h1-7,12,25-27H,8-11,13-23H2,(H,32,37). The van der Waals surface area contributed by atoms with Gasteiger partial charge in [0.1, 0.15) is 12.3 Å². The maximum Gasteiger partial charge on any atom is 0.318 e. The molecule has 4 saturated carbocycles. The van der Waals surface area contributed by atoms with E-state index in [1.54, 1.807) is 16.1 Å². The van der Waals surface area contributed by atoms with Crippen molar-refractivity contribution in [1.29, 1.82) is 0 Å². The Morgan fingerprint density at radius 1 is 0.897 bits per heavy atom. The van der Waals surface area contributed by atoms with Gasteiger partial charge in [0, 0.05) is 38.3 Å². The molecule has 2 heterocycles. The molecule has 5 fully saturated rings. The number of morpholine rings is 1. The number of carbonyl (C=O) groups excluding carboxylic acids is 2. The first-order chi connectivity index (χ1) is 19.0. The number of rotatable bonds is 10. The summed E-state index contributed by atoms with van der Waals surface area (Å²) in [6, 6.07) is 13.6. The van der Waals surface area contributed by atoms with Crippen LogP contribution in [0.4, 0.5) is 4.79 Å². The van der Waals surface area contributed by atoms with Gasteiger partial charge in [-0.3, -0.25) is 9.69 Å². The van der Waals surface area contributed by atoms with Gasteiger partial charge in [-0.2, -0.15) is 0 Å². The Labute approximate surface area is 231 Å². The molecule has 4 aliphatic carbocycles. The SMILES string of the molecule is O=C(CN(CCN1CCOCC1)C(=O)NC12CC3CC(CC(C3)C1)C2)N(Cc1ccccc1)Cc1ccco1. The van der Waals surface area contributed by atoms with Crippen molar-refractivity contribution in [2.45, 2.75) is 57.2 Å². The van der Waals surface area contributed by atoms with E-state index in [1.807, 2.05) is 42.5 Å². The summed E-state index contributed by atoms with van der Waals surface area (Å²) >= 11 is 0. The van der Waals surface area contributed by atoms with Crippen LogP contribution in [0.25, 0.3) is 0 Å². The van der Waals surface area contributed by atoms with Crippen molar-refractivity contribution in [2.75, 3.05) is 45.9 Å². The number of furan rings is 1. The minimum Gasteiger partial charge on any atom is -0.467 e. The third-order valence-electron chi connectivity index (χ3n) is 9.31. The van der Waals surface area contributed by atoms with Crippen LogP contribution in [-0.2, 0) is 22.6 Å². The van der Waals surface area contributed by atoms with Gasteiger partial charge in [-0.15, -0.1) is 0 Å². The monoisotopic (exact) mass is 534 g/mol. The first-order valence-electron chi connectivity index (χ1n) is 14.7. The van der Waals surface area contributed by atoms with Gasteiger partial charge in [-0.25, -0.2) is 4.79 Å². The third-order valence-corrected chi connectivity index (χ3v) is 9.31. The van der Waals surface area contributed by atoms with Gasteiger partial charge in [0.25, 0.3) is 0 Å². The molecule has 39 heavy (non-hydrogen) atoms. The van der Waals surface area contributed by atoms with Crippen LogP contribution in [0.2, 0.25) is 0 Å². The molecule has 0 atom stereocenters. The Kier molecular flexibility index (Phi) is 7.93. The zero-order chi connectivity index (χ0) is 26.7. The molecule has 1 N–H and O–H groups in total. The summed E-state index contributed by atoms with van der Waals surface area (Å²) in [5, 5.41) is 3.51. The lowest BCUT2D eigenvalue weighted by molar-refractivity contribution is -0.133. The van der Waals surface area contributed by atoms with Crippen LogP contribution < -0.4 is 5.32 Å². The molecule has 5 aliphatic rings. The van der Waals surface area contributed by atoms with Crippen LogP contribution >= 0.6 is 0 Å². The van der Waals surface area contributed by atoms with Gasteiger partial charge in [0.05, 0.1) is 26.0 Å². The number of benzene rings is 1. The average Bonchev–Trinajstić information content (AvgIpc) is 3.44. The van der Waals surface area contributed by atoms with Crippen LogP contribution in [-0.4, -0.2) is 78.1 Å². The fourth-order valence-electron chi connectivity index (χ4n) is 7.80. The van der Waals surface area contributed by atoms with Crippen molar-refractivity contribution in [1.82, 2.24) is 20.0 Å². The van der Waals surface area contributed by atoms with E-state index in [0.717, 1.165) is 68.0 Å². The molecule has 1 aliphatic heterocycles. The fraction of sp³-hybridized carbons (Fsp3) is 0.613. The maximum atomic E-state index is 13.9. The van der Waals surface area contributed by atoms with E-state index in [2.05, 4.69) is 10.2 Å². The van der Waals surface area contributed by atoms with Gasteiger partial charge in [-0.05, 0) is 74.0 Å². The van der Waals surface area contributed by atoms with E-state index in [0.29, 0.717) is 32.8 Å². The summed E-state index contributed by atoms with van der Waals surface area (Å²) in [5.74, 6) is 2.90. The highest BCUT2D eigenvalue weighted by atomic mass is 16.5. The summed E-state index contributed by atoms with van der Waals surface area (Å²) in [5.41, 5.74) is 0.958. The van der Waals surface area contributed by atoms with Crippen molar-refractivity contribution in [3.8, 4) is 0 Å². The second-order valence-corrected chi connectivity index (χ2v) is 12.3. The Morgan fingerprint density at radius 2 is 1.59 bits per heavy atom. The van der Waals surface area contributed by atoms with Crippen LogP contribution in [0.5, 0.6) is 0 Å².